The lowest BCUT2D eigenvalue weighted by Crippen LogP contribution is -2.23. The predicted octanol–water partition coefficient (Wildman–Crippen LogP) is 3.90. The molecule has 20 heavy (non-hydrogen) atoms. The average molecular weight is 287 g/mol. The first-order valence-electron chi connectivity index (χ1n) is 6.95. The van der Waals surface area contributed by atoms with Crippen LogP contribution >= 0.6 is 11.3 Å². The Kier molecular flexibility index (Phi) is 3.78. The molecule has 0 saturated carbocycles. The second-order valence-corrected chi connectivity index (χ2v) is 6.36. The van der Waals surface area contributed by atoms with Crippen molar-refractivity contribution in [2.45, 2.75) is 19.8 Å². The van der Waals surface area contributed by atoms with E-state index in [-0.39, 0.29) is 0 Å². The Hall–Kier alpha value is -1.75. The molecule has 0 spiro atoms. The smallest absolute Gasteiger partial charge is 0.372 e. The van der Waals surface area contributed by atoms with E-state index in [0.29, 0.717) is 0 Å². The van der Waals surface area contributed by atoms with Crippen LogP contribution in [0.1, 0.15) is 17.7 Å². The van der Waals surface area contributed by atoms with Gasteiger partial charge < -0.3 is 4.90 Å². The van der Waals surface area contributed by atoms with Gasteiger partial charge in [0.25, 0.3) is 0 Å². The van der Waals surface area contributed by atoms with Gasteiger partial charge in [-0.3, -0.25) is 0 Å². The molecule has 1 aromatic heterocycles. The van der Waals surface area contributed by atoms with Crippen LogP contribution in [-0.2, 0) is 7.05 Å². The van der Waals surface area contributed by atoms with Gasteiger partial charge in [-0.05, 0) is 60.5 Å². The van der Waals surface area contributed by atoms with Gasteiger partial charge in [-0.25, -0.2) is 4.57 Å². The molecule has 0 bridgehead atoms. The lowest BCUT2D eigenvalue weighted by molar-refractivity contribution is -0.654. The minimum Gasteiger partial charge on any atom is -0.372 e. The maximum Gasteiger partial charge on any atom is 0.408 e. The third kappa shape index (κ3) is 2.88. The second kappa shape index (κ2) is 5.71. The fourth-order valence-electron chi connectivity index (χ4n) is 2.47. The number of hydrogen-bond acceptors (Lipinski definition) is 4. The molecule has 0 atom stereocenters. The molecule has 0 N–H and O–H groups in total. The Morgan fingerprint density at radius 2 is 1.80 bits per heavy atom. The van der Waals surface area contributed by atoms with Crippen LogP contribution in [0.4, 0.5) is 16.5 Å². The Bertz CT molecular complexity index is 609. The van der Waals surface area contributed by atoms with E-state index in [4.69, 9.17) is 0 Å². The number of hydrogen-bond donors (Lipinski definition) is 0. The molecule has 2 aromatic rings. The van der Waals surface area contributed by atoms with Crippen molar-refractivity contribution in [1.29, 1.82) is 0 Å². The Labute approximate surface area is 123 Å². The first-order valence-corrected chi connectivity index (χ1v) is 7.77. The van der Waals surface area contributed by atoms with E-state index in [2.05, 4.69) is 40.4 Å². The first kappa shape index (κ1) is 13.2. The van der Waals surface area contributed by atoms with Crippen LogP contribution in [0, 0.1) is 6.92 Å². The highest BCUT2D eigenvalue weighted by Gasteiger charge is 2.13. The summed E-state index contributed by atoms with van der Waals surface area (Å²) in [6.07, 6.45) is 4.67. The van der Waals surface area contributed by atoms with Crippen molar-refractivity contribution in [3.63, 3.8) is 0 Å². The van der Waals surface area contributed by atoms with Crippen LogP contribution in [0.2, 0.25) is 0 Å². The molecule has 1 aliphatic rings. The number of aryl methyl sites for hydroxylation is 2. The zero-order chi connectivity index (χ0) is 13.9. The summed E-state index contributed by atoms with van der Waals surface area (Å²) < 4.78 is 2.00. The van der Waals surface area contributed by atoms with Crippen LogP contribution in [0.3, 0.4) is 0 Å². The van der Waals surface area contributed by atoms with Crippen molar-refractivity contribution in [2.24, 2.45) is 17.3 Å². The number of anilines is 1. The molecule has 0 unspecified atom stereocenters. The van der Waals surface area contributed by atoms with Crippen molar-refractivity contribution in [1.82, 2.24) is 0 Å². The van der Waals surface area contributed by atoms with Crippen LogP contribution in [0.5, 0.6) is 0 Å². The van der Waals surface area contributed by atoms with Gasteiger partial charge in [-0.2, -0.15) is 0 Å². The van der Waals surface area contributed by atoms with E-state index < -0.39 is 0 Å². The Morgan fingerprint density at radius 3 is 2.40 bits per heavy atom. The molecule has 0 radical (unpaired) electrons. The maximum absolute atomic E-state index is 4.32. The SMILES string of the molecule is Cc1c[n+](C)c(/N=N/c2ccc(N3CCCC3)cc2)s1. The van der Waals surface area contributed by atoms with E-state index >= 15 is 0 Å². The van der Waals surface area contributed by atoms with Crippen molar-refractivity contribution >= 4 is 27.8 Å². The molecule has 2 heterocycles. The summed E-state index contributed by atoms with van der Waals surface area (Å²) in [5.74, 6) is 0. The Balaban J connectivity index is 1.73. The standard InChI is InChI=1S/C15H19N4S/c1-12-11-18(2)15(20-12)17-16-13-5-7-14(8-6-13)19-9-3-4-10-19/h5-8,11H,3-4,9-10H2,1-2H3/q+1. The van der Waals surface area contributed by atoms with Crippen molar-refractivity contribution < 1.29 is 4.57 Å². The van der Waals surface area contributed by atoms with Gasteiger partial charge in [0.05, 0.1) is 12.2 Å². The molecule has 5 heteroatoms. The zero-order valence-electron chi connectivity index (χ0n) is 11.9. The lowest BCUT2D eigenvalue weighted by atomic mass is 10.2. The van der Waals surface area contributed by atoms with Gasteiger partial charge in [0.15, 0.2) is 0 Å². The van der Waals surface area contributed by atoms with Gasteiger partial charge in [0, 0.05) is 23.7 Å². The van der Waals surface area contributed by atoms with Gasteiger partial charge >= 0.3 is 5.13 Å². The van der Waals surface area contributed by atoms with E-state index in [1.807, 2.05) is 23.7 Å². The highest BCUT2D eigenvalue weighted by molar-refractivity contribution is 7.14. The molecule has 4 nitrogen and oxygen atoms in total. The molecule has 1 aliphatic heterocycles. The fourth-order valence-corrected chi connectivity index (χ4v) is 3.24. The fraction of sp³-hybridized carbons (Fsp3) is 0.400. The Morgan fingerprint density at radius 1 is 1.10 bits per heavy atom. The maximum atomic E-state index is 4.32. The second-order valence-electron chi connectivity index (χ2n) is 5.15. The van der Waals surface area contributed by atoms with Gasteiger partial charge in [0.2, 0.25) is 0 Å². The van der Waals surface area contributed by atoms with Crippen molar-refractivity contribution in [3.8, 4) is 0 Å². The molecule has 1 saturated heterocycles. The third-order valence-electron chi connectivity index (χ3n) is 3.50. The minimum atomic E-state index is 0.902. The van der Waals surface area contributed by atoms with Crippen LogP contribution in [0.25, 0.3) is 0 Å². The number of aromatic nitrogens is 1. The van der Waals surface area contributed by atoms with E-state index in [9.17, 15) is 0 Å². The summed E-state index contributed by atoms with van der Waals surface area (Å²) in [6.45, 7) is 4.42. The summed E-state index contributed by atoms with van der Waals surface area (Å²) in [6, 6.07) is 8.36. The van der Waals surface area contributed by atoms with Crippen LogP contribution in [0.15, 0.2) is 40.7 Å². The normalized spacial score (nSPS) is 15.4. The molecule has 1 aromatic carbocycles. The first-order chi connectivity index (χ1) is 9.72. The highest BCUT2D eigenvalue weighted by Crippen LogP contribution is 2.25. The van der Waals surface area contributed by atoms with Gasteiger partial charge in [-0.1, -0.05) is 0 Å². The summed E-state index contributed by atoms with van der Waals surface area (Å²) in [5.41, 5.74) is 2.19. The summed E-state index contributed by atoms with van der Waals surface area (Å²) in [4.78, 5) is 3.66. The molecular formula is C15H19N4S+. The van der Waals surface area contributed by atoms with Crippen molar-refractivity contribution in [3.05, 3.63) is 35.3 Å². The number of azo groups is 1. The monoisotopic (exact) mass is 287 g/mol. The summed E-state index contributed by atoms with van der Waals surface area (Å²) in [5, 5.41) is 9.55. The lowest BCUT2D eigenvalue weighted by Gasteiger charge is -2.16. The van der Waals surface area contributed by atoms with E-state index in [1.54, 1.807) is 11.3 Å². The predicted molar refractivity (Wildman–Crippen MR) is 82.3 cm³/mol. The molecule has 0 aliphatic carbocycles. The molecule has 0 amide bonds. The number of benzene rings is 1. The molecule has 3 rings (SSSR count). The zero-order valence-corrected chi connectivity index (χ0v) is 12.7. The number of rotatable bonds is 3. The quantitative estimate of drug-likeness (QED) is 0.622. The largest absolute Gasteiger partial charge is 0.408 e. The highest BCUT2D eigenvalue weighted by atomic mass is 32.1. The third-order valence-corrected chi connectivity index (χ3v) is 4.48. The minimum absolute atomic E-state index is 0.902. The molecular weight excluding hydrogens is 268 g/mol. The van der Waals surface area contributed by atoms with E-state index in [1.165, 1.54) is 36.5 Å². The topological polar surface area (TPSA) is 31.8 Å². The van der Waals surface area contributed by atoms with E-state index in [0.717, 1.165) is 10.8 Å². The van der Waals surface area contributed by atoms with Gasteiger partial charge in [0.1, 0.15) is 11.9 Å². The number of thiazole rings is 1. The summed E-state index contributed by atoms with van der Waals surface area (Å²) >= 11 is 1.65. The van der Waals surface area contributed by atoms with Crippen LogP contribution in [-0.4, -0.2) is 13.1 Å². The number of nitrogens with zero attached hydrogens (tertiary/aromatic N) is 4. The van der Waals surface area contributed by atoms with Crippen LogP contribution < -0.4 is 9.47 Å². The summed E-state index contributed by atoms with van der Waals surface area (Å²) in [7, 11) is 1.99. The van der Waals surface area contributed by atoms with Crippen molar-refractivity contribution in [2.75, 3.05) is 18.0 Å². The molecule has 104 valence electrons. The average Bonchev–Trinajstić information content (AvgIpc) is 3.07. The molecule has 1 fully saturated rings. The van der Waals surface area contributed by atoms with Gasteiger partial charge in [-0.15, -0.1) is 0 Å².